The third-order valence-corrected chi connectivity index (χ3v) is 6.62. The summed E-state index contributed by atoms with van der Waals surface area (Å²) < 4.78 is 30.2. The first-order valence-electron chi connectivity index (χ1n) is 8.28. The smallest absolute Gasteiger partial charge is 0.245 e. The molecule has 3 heterocycles. The lowest BCUT2D eigenvalue weighted by molar-refractivity contribution is 0.242. The van der Waals surface area contributed by atoms with Crippen molar-refractivity contribution < 1.29 is 8.42 Å². The Hall–Kier alpha value is -2.32. The Bertz CT molecular complexity index is 1010. The summed E-state index contributed by atoms with van der Waals surface area (Å²) in [6, 6.07) is 8.65. The van der Waals surface area contributed by atoms with Crippen LogP contribution < -0.4 is 0 Å². The molecule has 8 heteroatoms. The zero-order chi connectivity index (χ0) is 17.4. The Kier molecular flexibility index (Phi) is 4.01. The molecule has 25 heavy (non-hydrogen) atoms. The molecule has 0 aliphatic carbocycles. The van der Waals surface area contributed by atoms with Crippen molar-refractivity contribution in [2.45, 2.75) is 30.2 Å². The van der Waals surface area contributed by atoms with Crippen LogP contribution in [-0.4, -0.2) is 39.0 Å². The van der Waals surface area contributed by atoms with Crippen LogP contribution in [0.15, 0.2) is 47.8 Å². The van der Waals surface area contributed by atoms with Gasteiger partial charge >= 0.3 is 0 Å². The third-order valence-electron chi connectivity index (χ3n) is 4.68. The monoisotopic (exact) mass is 357 g/mol. The van der Waals surface area contributed by atoms with Crippen LogP contribution in [0.4, 0.5) is 0 Å². The first kappa shape index (κ1) is 16.2. The zero-order valence-electron chi connectivity index (χ0n) is 13.9. The molecule has 1 saturated heterocycles. The molecule has 7 nitrogen and oxygen atoms in total. The number of aromatic nitrogens is 4. The van der Waals surface area contributed by atoms with Crippen molar-refractivity contribution in [3.8, 4) is 0 Å². The molecule has 3 aromatic rings. The van der Waals surface area contributed by atoms with E-state index in [2.05, 4.69) is 15.2 Å². The Labute approximate surface area is 146 Å². The fraction of sp³-hybridized carbons (Fsp3) is 0.353. The van der Waals surface area contributed by atoms with Gasteiger partial charge in [0.15, 0.2) is 5.82 Å². The van der Waals surface area contributed by atoms with Gasteiger partial charge in [0.1, 0.15) is 11.2 Å². The minimum atomic E-state index is -3.69. The lowest BCUT2D eigenvalue weighted by Gasteiger charge is -2.33. The van der Waals surface area contributed by atoms with E-state index < -0.39 is 10.0 Å². The van der Waals surface area contributed by atoms with Crippen molar-refractivity contribution in [3.63, 3.8) is 0 Å². The Morgan fingerprint density at radius 3 is 2.80 bits per heavy atom. The quantitative estimate of drug-likeness (QED) is 0.718. The normalized spacial score (nSPS) is 19.3. The maximum Gasteiger partial charge on any atom is 0.245 e. The molecule has 130 valence electrons. The number of fused-ring (bicyclic) bond motifs is 1. The van der Waals surface area contributed by atoms with Crippen LogP contribution in [0.2, 0.25) is 0 Å². The van der Waals surface area contributed by atoms with Crippen molar-refractivity contribution in [1.29, 1.82) is 0 Å². The van der Waals surface area contributed by atoms with Crippen molar-refractivity contribution in [2.24, 2.45) is 7.05 Å². The highest BCUT2D eigenvalue weighted by molar-refractivity contribution is 7.89. The summed E-state index contributed by atoms with van der Waals surface area (Å²) in [6.45, 7) is 0.475. The number of para-hydroxylation sites is 1. The number of benzene rings is 1. The molecule has 1 fully saturated rings. The van der Waals surface area contributed by atoms with Gasteiger partial charge < -0.3 is 4.57 Å². The number of hydrogen-bond acceptors (Lipinski definition) is 5. The van der Waals surface area contributed by atoms with Gasteiger partial charge in [0.25, 0.3) is 0 Å². The molecule has 4 rings (SSSR count). The van der Waals surface area contributed by atoms with E-state index in [1.54, 1.807) is 33.5 Å². The van der Waals surface area contributed by atoms with Crippen molar-refractivity contribution >= 4 is 20.9 Å². The molecule has 0 radical (unpaired) electrons. The number of piperidine rings is 1. The number of sulfonamides is 1. The van der Waals surface area contributed by atoms with Crippen molar-refractivity contribution in [1.82, 2.24) is 24.1 Å². The van der Waals surface area contributed by atoms with Gasteiger partial charge in [0, 0.05) is 25.2 Å². The van der Waals surface area contributed by atoms with E-state index in [9.17, 15) is 8.42 Å². The summed E-state index contributed by atoms with van der Waals surface area (Å²) in [5, 5.41) is 8.88. The van der Waals surface area contributed by atoms with E-state index in [0.717, 1.165) is 24.6 Å². The molecule has 0 unspecified atom stereocenters. The minimum Gasteiger partial charge on any atom is -0.319 e. The second-order valence-corrected chi connectivity index (χ2v) is 8.12. The summed E-state index contributed by atoms with van der Waals surface area (Å²) in [4.78, 5) is 4.56. The summed E-state index contributed by atoms with van der Waals surface area (Å²) in [5.74, 6) is 0.677. The van der Waals surface area contributed by atoms with Gasteiger partial charge in [-0.15, -0.1) is 10.2 Å². The third kappa shape index (κ3) is 2.71. The largest absolute Gasteiger partial charge is 0.319 e. The second-order valence-electron chi connectivity index (χ2n) is 6.26. The van der Waals surface area contributed by atoms with Crippen molar-refractivity contribution in [3.05, 3.63) is 48.7 Å². The van der Waals surface area contributed by atoms with Gasteiger partial charge in [-0.05, 0) is 25.0 Å². The SMILES string of the molecule is Cn1cnnc1[C@H]1CCCCN1S(=O)(=O)c1cccc2cccnc12. The highest BCUT2D eigenvalue weighted by atomic mass is 32.2. The maximum absolute atomic E-state index is 13.4. The summed E-state index contributed by atoms with van der Waals surface area (Å²) in [7, 11) is -1.85. The fourth-order valence-electron chi connectivity index (χ4n) is 3.46. The number of rotatable bonds is 3. The second kappa shape index (κ2) is 6.20. The van der Waals surface area contributed by atoms with Gasteiger partial charge in [-0.2, -0.15) is 4.31 Å². The lowest BCUT2D eigenvalue weighted by Crippen LogP contribution is -2.39. The van der Waals surface area contributed by atoms with Gasteiger partial charge in [-0.25, -0.2) is 8.42 Å². The standard InChI is InChI=1S/C17H19N5O2S/c1-21-12-19-20-17(21)14-8-2-3-11-22(14)25(23,24)15-9-4-6-13-7-5-10-18-16(13)15/h4-7,9-10,12,14H,2-3,8,11H2,1H3/t14-/m1/s1. The Balaban J connectivity index is 1.84. The summed E-state index contributed by atoms with van der Waals surface area (Å²) in [6.07, 6.45) is 5.78. The average molecular weight is 357 g/mol. The number of aryl methyl sites for hydroxylation is 1. The van der Waals surface area contributed by atoms with Crippen LogP contribution in [0, 0.1) is 0 Å². The zero-order valence-corrected chi connectivity index (χ0v) is 14.7. The molecule has 2 aromatic heterocycles. The fourth-order valence-corrected chi connectivity index (χ4v) is 5.28. The van der Waals surface area contributed by atoms with Crippen LogP contribution >= 0.6 is 0 Å². The van der Waals surface area contributed by atoms with Crippen LogP contribution in [0.1, 0.15) is 31.1 Å². The average Bonchev–Trinajstić information content (AvgIpc) is 3.07. The van der Waals surface area contributed by atoms with E-state index in [-0.39, 0.29) is 10.9 Å². The van der Waals surface area contributed by atoms with E-state index in [1.807, 2.05) is 25.2 Å². The predicted molar refractivity (Wildman–Crippen MR) is 93.2 cm³/mol. The maximum atomic E-state index is 13.4. The molecule has 0 spiro atoms. The van der Waals surface area contributed by atoms with Crippen LogP contribution in [0.5, 0.6) is 0 Å². The topological polar surface area (TPSA) is 81.0 Å². The Morgan fingerprint density at radius 1 is 1.16 bits per heavy atom. The minimum absolute atomic E-state index is 0.250. The highest BCUT2D eigenvalue weighted by Crippen LogP contribution is 2.35. The predicted octanol–water partition coefficient (Wildman–Crippen LogP) is 2.28. The van der Waals surface area contributed by atoms with Crippen LogP contribution in [0.3, 0.4) is 0 Å². The van der Waals surface area contributed by atoms with Gasteiger partial charge in [0.2, 0.25) is 10.0 Å². The van der Waals surface area contributed by atoms with E-state index >= 15 is 0 Å². The summed E-state index contributed by atoms with van der Waals surface area (Å²) in [5.41, 5.74) is 0.507. The number of hydrogen-bond donors (Lipinski definition) is 0. The number of nitrogens with zero attached hydrogens (tertiary/aromatic N) is 5. The molecule has 0 N–H and O–H groups in total. The Morgan fingerprint density at radius 2 is 2.00 bits per heavy atom. The van der Waals surface area contributed by atoms with Crippen LogP contribution in [-0.2, 0) is 17.1 Å². The lowest BCUT2D eigenvalue weighted by atomic mass is 10.0. The molecular formula is C17H19N5O2S. The first-order chi connectivity index (χ1) is 12.1. The molecule has 1 atom stereocenters. The van der Waals surface area contributed by atoms with E-state index in [0.29, 0.717) is 17.9 Å². The number of pyridine rings is 1. The molecule has 1 aromatic carbocycles. The highest BCUT2D eigenvalue weighted by Gasteiger charge is 2.37. The molecule has 1 aliphatic rings. The van der Waals surface area contributed by atoms with E-state index in [4.69, 9.17) is 0 Å². The van der Waals surface area contributed by atoms with Gasteiger partial charge in [-0.3, -0.25) is 4.98 Å². The molecular weight excluding hydrogens is 338 g/mol. The molecule has 0 saturated carbocycles. The van der Waals surface area contributed by atoms with Crippen molar-refractivity contribution in [2.75, 3.05) is 6.54 Å². The van der Waals surface area contributed by atoms with Gasteiger partial charge in [-0.1, -0.05) is 24.6 Å². The molecule has 0 amide bonds. The van der Waals surface area contributed by atoms with Crippen LogP contribution in [0.25, 0.3) is 10.9 Å². The van der Waals surface area contributed by atoms with Gasteiger partial charge in [0.05, 0.1) is 11.6 Å². The first-order valence-corrected chi connectivity index (χ1v) is 9.72. The summed E-state index contributed by atoms with van der Waals surface area (Å²) >= 11 is 0. The van der Waals surface area contributed by atoms with E-state index in [1.165, 1.54) is 0 Å². The molecule has 0 bridgehead atoms. The molecule has 1 aliphatic heterocycles.